The number of morpholine rings is 1. The van der Waals surface area contributed by atoms with E-state index in [9.17, 15) is 4.79 Å². The van der Waals surface area contributed by atoms with Gasteiger partial charge in [-0.25, -0.2) is 4.79 Å². The van der Waals surface area contributed by atoms with E-state index in [-0.39, 0.29) is 5.97 Å². The molecule has 1 fully saturated rings. The SMILES string of the molecule is C=C(I)C(=O)OCCN1CCOCC1. The summed E-state index contributed by atoms with van der Waals surface area (Å²) in [6, 6.07) is 0. The highest BCUT2D eigenvalue weighted by atomic mass is 127. The number of halogens is 1. The van der Waals surface area contributed by atoms with Gasteiger partial charge in [-0.15, -0.1) is 0 Å². The second kappa shape index (κ2) is 6.36. The zero-order chi connectivity index (χ0) is 10.4. The normalized spacial score (nSPS) is 17.8. The molecule has 0 aliphatic carbocycles. The predicted molar refractivity (Wildman–Crippen MR) is 61.4 cm³/mol. The van der Waals surface area contributed by atoms with Crippen molar-refractivity contribution >= 4 is 28.6 Å². The molecule has 0 aromatic heterocycles. The second-order valence-corrected chi connectivity index (χ2v) is 4.30. The van der Waals surface area contributed by atoms with Crippen LogP contribution in [-0.2, 0) is 14.3 Å². The lowest BCUT2D eigenvalue weighted by atomic mass is 10.4. The van der Waals surface area contributed by atoms with Crippen molar-refractivity contribution in [2.45, 2.75) is 0 Å². The van der Waals surface area contributed by atoms with Crippen LogP contribution >= 0.6 is 22.6 Å². The zero-order valence-electron chi connectivity index (χ0n) is 8.00. The zero-order valence-corrected chi connectivity index (χ0v) is 10.2. The second-order valence-electron chi connectivity index (χ2n) is 2.99. The summed E-state index contributed by atoms with van der Waals surface area (Å²) >= 11 is 1.86. The Kier molecular flexibility index (Phi) is 5.42. The first kappa shape index (κ1) is 11.9. The van der Waals surface area contributed by atoms with Crippen LogP contribution in [0.4, 0.5) is 0 Å². The number of carbonyl (C=O) groups is 1. The molecule has 0 spiro atoms. The number of rotatable bonds is 4. The van der Waals surface area contributed by atoms with Crippen molar-refractivity contribution in [2.75, 3.05) is 39.5 Å². The third-order valence-electron chi connectivity index (χ3n) is 1.97. The van der Waals surface area contributed by atoms with E-state index in [0.717, 1.165) is 32.8 Å². The highest BCUT2D eigenvalue weighted by Gasteiger charge is 2.11. The van der Waals surface area contributed by atoms with Crippen molar-refractivity contribution in [3.05, 3.63) is 10.2 Å². The molecular weight excluding hydrogens is 297 g/mol. The van der Waals surface area contributed by atoms with Crippen LogP contribution in [0.15, 0.2) is 10.2 Å². The molecule has 1 heterocycles. The average molecular weight is 311 g/mol. The molecule has 1 saturated heterocycles. The molecule has 0 aromatic carbocycles. The number of hydrogen-bond donors (Lipinski definition) is 0. The molecule has 4 nitrogen and oxygen atoms in total. The number of carbonyl (C=O) groups excluding carboxylic acids is 1. The van der Waals surface area contributed by atoms with Crippen LogP contribution in [0.2, 0.25) is 0 Å². The Morgan fingerprint density at radius 3 is 2.71 bits per heavy atom. The van der Waals surface area contributed by atoms with Gasteiger partial charge < -0.3 is 9.47 Å². The Morgan fingerprint density at radius 2 is 2.14 bits per heavy atom. The molecule has 1 aliphatic rings. The van der Waals surface area contributed by atoms with Crippen LogP contribution in [0.1, 0.15) is 0 Å². The van der Waals surface area contributed by atoms with Crippen molar-refractivity contribution < 1.29 is 14.3 Å². The van der Waals surface area contributed by atoms with E-state index >= 15 is 0 Å². The number of hydrogen-bond acceptors (Lipinski definition) is 4. The standard InChI is InChI=1S/C9H14INO3/c1-8(10)9(12)14-7-4-11-2-5-13-6-3-11/h1-7H2. The van der Waals surface area contributed by atoms with Crippen molar-refractivity contribution in [1.29, 1.82) is 0 Å². The van der Waals surface area contributed by atoms with E-state index in [1.807, 2.05) is 22.6 Å². The van der Waals surface area contributed by atoms with E-state index in [1.165, 1.54) is 0 Å². The highest BCUT2D eigenvalue weighted by molar-refractivity contribution is 14.1. The fourth-order valence-electron chi connectivity index (χ4n) is 1.17. The van der Waals surface area contributed by atoms with Crippen molar-refractivity contribution in [1.82, 2.24) is 4.90 Å². The summed E-state index contributed by atoms with van der Waals surface area (Å²) in [5.74, 6) is -0.321. The van der Waals surface area contributed by atoms with Crippen LogP contribution in [0.3, 0.4) is 0 Å². The number of esters is 1. The van der Waals surface area contributed by atoms with Crippen LogP contribution in [0, 0.1) is 0 Å². The molecule has 0 radical (unpaired) electrons. The first-order valence-corrected chi connectivity index (χ1v) is 5.59. The summed E-state index contributed by atoms with van der Waals surface area (Å²) in [5, 5.41) is 0. The summed E-state index contributed by atoms with van der Waals surface area (Å²) in [5.41, 5.74) is 0. The molecule has 0 N–H and O–H groups in total. The van der Waals surface area contributed by atoms with Crippen LogP contribution < -0.4 is 0 Å². The molecule has 0 unspecified atom stereocenters. The topological polar surface area (TPSA) is 38.8 Å². The van der Waals surface area contributed by atoms with Gasteiger partial charge in [0.2, 0.25) is 0 Å². The van der Waals surface area contributed by atoms with Gasteiger partial charge in [-0.3, -0.25) is 4.90 Å². The maximum absolute atomic E-state index is 11.0. The Morgan fingerprint density at radius 1 is 1.50 bits per heavy atom. The molecule has 0 saturated carbocycles. The molecule has 0 bridgehead atoms. The molecule has 1 rings (SSSR count). The molecular formula is C9H14INO3. The van der Waals surface area contributed by atoms with Gasteiger partial charge in [0.25, 0.3) is 0 Å². The molecule has 14 heavy (non-hydrogen) atoms. The average Bonchev–Trinajstić information content (AvgIpc) is 2.19. The maximum Gasteiger partial charge on any atom is 0.343 e. The fraction of sp³-hybridized carbons (Fsp3) is 0.667. The third kappa shape index (κ3) is 4.39. The quantitative estimate of drug-likeness (QED) is 0.438. The monoisotopic (exact) mass is 311 g/mol. The van der Waals surface area contributed by atoms with Crippen LogP contribution in [-0.4, -0.2) is 50.3 Å². The van der Waals surface area contributed by atoms with Gasteiger partial charge >= 0.3 is 5.97 Å². The molecule has 5 heteroatoms. The van der Waals surface area contributed by atoms with Crippen molar-refractivity contribution in [3.63, 3.8) is 0 Å². The van der Waals surface area contributed by atoms with Gasteiger partial charge in [0.1, 0.15) is 6.61 Å². The predicted octanol–water partition coefficient (Wildman–Crippen LogP) is 0.810. The summed E-state index contributed by atoms with van der Waals surface area (Å²) in [6.45, 7) is 8.09. The Labute approximate surface area is 97.4 Å². The summed E-state index contributed by atoms with van der Waals surface area (Å²) < 4.78 is 10.6. The van der Waals surface area contributed by atoms with Gasteiger partial charge in [-0.05, 0) is 22.6 Å². The van der Waals surface area contributed by atoms with E-state index in [2.05, 4.69) is 11.5 Å². The van der Waals surface area contributed by atoms with Gasteiger partial charge in [-0.1, -0.05) is 6.58 Å². The minimum atomic E-state index is -0.321. The summed E-state index contributed by atoms with van der Waals surface area (Å²) in [7, 11) is 0. The third-order valence-corrected chi connectivity index (χ3v) is 2.41. The van der Waals surface area contributed by atoms with E-state index in [1.54, 1.807) is 0 Å². The first-order chi connectivity index (χ1) is 6.70. The molecule has 0 amide bonds. The maximum atomic E-state index is 11.0. The van der Waals surface area contributed by atoms with Gasteiger partial charge in [0.05, 0.1) is 16.8 Å². The van der Waals surface area contributed by atoms with Crippen molar-refractivity contribution in [3.8, 4) is 0 Å². The van der Waals surface area contributed by atoms with Gasteiger partial charge in [0.15, 0.2) is 0 Å². The fourth-order valence-corrected chi connectivity index (χ4v) is 1.33. The van der Waals surface area contributed by atoms with E-state index in [4.69, 9.17) is 9.47 Å². The van der Waals surface area contributed by atoms with Crippen LogP contribution in [0.5, 0.6) is 0 Å². The minimum absolute atomic E-state index is 0.321. The smallest absolute Gasteiger partial charge is 0.343 e. The van der Waals surface area contributed by atoms with E-state index < -0.39 is 0 Å². The lowest BCUT2D eigenvalue weighted by Crippen LogP contribution is -2.38. The summed E-state index contributed by atoms with van der Waals surface area (Å²) in [6.07, 6.45) is 0. The van der Waals surface area contributed by atoms with Gasteiger partial charge in [0, 0.05) is 19.6 Å². The first-order valence-electron chi connectivity index (χ1n) is 4.52. The molecule has 1 aliphatic heterocycles. The van der Waals surface area contributed by atoms with Crippen molar-refractivity contribution in [2.24, 2.45) is 0 Å². The number of nitrogens with zero attached hydrogens (tertiary/aromatic N) is 1. The molecule has 0 aromatic rings. The Hall–Kier alpha value is -0.140. The molecule has 80 valence electrons. The Bertz CT molecular complexity index is 214. The largest absolute Gasteiger partial charge is 0.460 e. The highest BCUT2D eigenvalue weighted by Crippen LogP contribution is 2.04. The Balaban J connectivity index is 2.08. The van der Waals surface area contributed by atoms with Crippen LogP contribution in [0.25, 0.3) is 0 Å². The minimum Gasteiger partial charge on any atom is -0.460 e. The number of ether oxygens (including phenoxy) is 2. The van der Waals surface area contributed by atoms with Gasteiger partial charge in [-0.2, -0.15) is 0 Å². The lowest BCUT2D eigenvalue weighted by molar-refractivity contribution is -0.138. The lowest BCUT2D eigenvalue weighted by Gasteiger charge is -2.26. The molecule has 0 atom stereocenters. The van der Waals surface area contributed by atoms with E-state index in [0.29, 0.717) is 10.2 Å². The summed E-state index contributed by atoms with van der Waals surface area (Å²) in [4.78, 5) is 13.2.